The Labute approximate surface area is 144 Å². The van der Waals surface area contributed by atoms with Gasteiger partial charge in [0.1, 0.15) is 0 Å². The molecule has 0 unspecified atom stereocenters. The molecule has 0 saturated carbocycles. The minimum absolute atomic E-state index is 0.194. The van der Waals surface area contributed by atoms with Crippen molar-refractivity contribution in [2.45, 2.75) is 6.42 Å². The molecule has 0 radical (unpaired) electrons. The van der Waals surface area contributed by atoms with Gasteiger partial charge in [-0.1, -0.05) is 6.08 Å². The van der Waals surface area contributed by atoms with Crippen molar-refractivity contribution < 1.29 is 22.7 Å². The van der Waals surface area contributed by atoms with Crippen molar-refractivity contribution in [3.8, 4) is 0 Å². The first-order chi connectivity index (χ1) is 10.3. The maximum atomic E-state index is 11.3. The molecule has 0 aromatic heterocycles. The maximum absolute atomic E-state index is 11.3. The molecule has 7 nitrogen and oxygen atoms in total. The van der Waals surface area contributed by atoms with E-state index in [1.165, 1.54) is 22.2 Å². The van der Waals surface area contributed by atoms with Crippen LogP contribution in [-0.4, -0.2) is 68.2 Å². The average molecular weight is 390 g/mol. The first-order valence-electron chi connectivity index (χ1n) is 5.95. The van der Waals surface area contributed by atoms with Gasteiger partial charge in [0.25, 0.3) is 0 Å². The summed E-state index contributed by atoms with van der Waals surface area (Å²) >= 11 is 0.194. The third-order valence-corrected chi connectivity index (χ3v) is 2.19. The molecule has 0 aromatic rings. The van der Waals surface area contributed by atoms with Gasteiger partial charge in [0.2, 0.25) is 0 Å². The van der Waals surface area contributed by atoms with Crippen LogP contribution in [0.2, 0.25) is 0 Å². The number of allylic oxidation sites excluding steroid dienone is 2. The van der Waals surface area contributed by atoms with Crippen molar-refractivity contribution in [3.05, 3.63) is 11.8 Å². The van der Waals surface area contributed by atoms with Crippen molar-refractivity contribution in [3.63, 3.8) is 0 Å². The molecule has 1 rings (SSSR count). The summed E-state index contributed by atoms with van der Waals surface area (Å²) in [4.78, 5) is 36.9. The number of carbonyl (C=O) groups is 2. The van der Waals surface area contributed by atoms with Crippen molar-refractivity contribution in [1.29, 1.82) is 0 Å². The molecule has 0 fully saturated rings. The molecule has 10 heteroatoms. The second-order valence-electron chi connectivity index (χ2n) is 4.36. The summed E-state index contributed by atoms with van der Waals surface area (Å²) in [5.41, 5.74) is 1.25. The molecule has 0 bridgehead atoms. The number of aliphatic imine (C=N–C) groups is 3. The predicted octanol–water partition coefficient (Wildman–Crippen LogP) is 2.60. The van der Waals surface area contributed by atoms with Crippen LogP contribution in [0.1, 0.15) is 6.42 Å². The fourth-order valence-electron chi connectivity index (χ4n) is 1.11. The molecule has 0 spiro atoms. The Hall–Kier alpha value is -1.21. The fraction of sp³-hybridized carbons (Fsp3) is 0.417. The number of amides is 4. The van der Waals surface area contributed by atoms with Crippen LogP contribution in [-0.2, 0) is 13.1 Å². The molecule has 0 aliphatic carbocycles. The van der Waals surface area contributed by atoms with Gasteiger partial charge in [-0.25, -0.2) is 14.6 Å². The van der Waals surface area contributed by atoms with E-state index < -0.39 is 0 Å². The summed E-state index contributed by atoms with van der Waals surface area (Å²) < 4.78 is 0. The van der Waals surface area contributed by atoms with E-state index in [1.807, 2.05) is 6.08 Å². The fourth-order valence-corrected chi connectivity index (χ4v) is 1.11. The van der Waals surface area contributed by atoms with Gasteiger partial charge in [0, 0.05) is 34.6 Å². The van der Waals surface area contributed by atoms with E-state index in [2.05, 4.69) is 15.0 Å². The van der Waals surface area contributed by atoms with Crippen molar-refractivity contribution >= 4 is 50.4 Å². The Kier molecular flexibility index (Phi) is 10.7. The molecule has 22 heavy (non-hydrogen) atoms. The number of carbonyl (C=O) groups excluding carboxylic acids is 2. The predicted molar refractivity (Wildman–Crippen MR) is 87.0 cm³/mol. The summed E-state index contributed by atoms with van der Waals surface area (Å²) in [5.74, 6) is 0. The van der Waals surface area contributed by atoms with E-state index in [9.17, 15) is 9.59 Å². The van der Waals surface area contributed by atoms with E-state index in [4.69, 9.17) is 20.2 Å². The van der Waals surface area contributed by atoms with Crippen LogP contribution < -0.4 is 0 Å². The van der Waals surface area contributed by atoms with Crippen LogP contribution in [0.15, 0.2) is 26.8 Å². The third-order valence-electron chi connectivity index (χ3n) is 2.19. The van der Waals surface area contributed by atoms with Gasteiger partial charge >= 0.3 is 45.4 Å². The van der Waals surface area contributed by atoms with Crippen molar-refractivity contribution in [1.82, 2.24) is 9.80 Å². The topological polar surface area (TPSA) is 77.7 Å². The molecular weight excluding hydrogens is 373 g/mol. The Bertz CT molecular complexity index is 516. The molecule has 124 valence electrons. The summed E-state index contributed by atoms with van der Waals surface area (Å²) in [6.45, 7) is 0. The van der Waals surface area contributed by atoms with E-state index in [0.717, 1.165) is 0 Å². The molecule has 1 aliphatic rings. The molecule has 0 saturated heterocycles. The van der Waals surface area contributed by atoms with Gasteiger partial charge in [0.15, 0.2) is 0 Å². The second-order valence-corrected chi connectivity index (χ2v) is 6.18. The van der Waals surface area contributed by atoms with Gasteiger partial charge < -0.3 is 9.80 Å². The van der Waals surface area contributed by atoms with Gasteiger partial charge in [0.05, 0.1) is 23.8 Å². The van der Waals surface area contributed by atoms with Gasteiger partial charge in [-0.2, -0.15) is 4.99 Å². The summed E-state index contributed by atoms with van der Waals surface area (Å²) in [6.07, 6.45) is 5.21. The third kappa shape index (κ3) is 8.94. The second kappa shape index (κ2) is 11.4. The van der Waals surface area contributed by atoms with E-state index >= 15 is 0 Å². The first kappa shape index (κ1) is 20.8. The van der Waals surface area contributed by atoms with Gasteiger partial charge in [-0.05, 0) is 0 Å². The van der Waals surface area contributed by atoms with Crippen molar-refractivity contribution in [2.75, 3.05) is 28.2 Å². The average Bonchev–Trinajstić information content (AvgIpc) is 2.90. The van der Waals surface area contributed by atoms with Crippen LogP contribution in [0, 0.1) is 0 Å². The summed E-state index contributed by atoms with van der Waals surface area (Å²) in [7, 11) is 16.0. The quantitative estimate of drug-likeness (QED) is 0.537. The standard InChI is InChI=1S/C12H17N5O2.2ClH.Fe/c1-16(2)11(18)13-7-9-5-6-10(15-9)8-14-12(19)17(3)4;;;/h5,7-8H,6H2,1-4H3;2*1H;/q;;;+2/p-2/b13-7+,14-8+;;;. The Morgan fingerprint density at radius 3 is 2.05 bits per heavy atom. The number of hydrogen-bond donors (Lipinski definition) is 0. The number of hydrogen-bond acceptors (Lipinski definition) is 3. The molecule has 0 atom stereocenters. The molecule has 4 amide bonds. The summed E-state index contributed by atoms with van der Waals surface area (Å²) in [6, 6.07) is -0.686. The first-order valence-corrected chi connectivity index (χ1v) is 8.99. The molecule has 0 N–H and O–H groups in total. The number of rotatable bonds is 2. The Morgan fingerprint density at radius 2 is 1.59 bits per heavy atom. The zero-order valence-corrected chi connectivity index (χ0v) is 15.2. The monoisotopic (exact) mass is 389 g/mol. The van der Waals surface area contributed by atoms with Crippen LogP contribution in [0.4, 0.5) is 9.59 Å². The zero-order chi connectivity index (χ0) is 17.1. The van der Waals surface area contributed by atoms with E-state index in [1.54, 1.807) is 28.2 Å². The Morgan fingerprint density at radius 1 is 1.14 bits per heavy atom. The molecule has 1 heterocycles. The van der Waals surface area contributed by atoms with E-state index in [-0.39, 0.29) is 25.2 Å². The Balaban J connectivity index is 0.00000135. The normalized spacial score (nSPS) is 13.7. The molecule has 0 aromatic carbocycles. The van der Waals surface area contributed by atoms with Crippen molar-refractivity contribution in [2.24, 2.45) is 15.0 Å². The van der Waals surface area contributed by atoms with Crippen LogP contribution >= 0.6 is 20.2 Å². The minimum atomic E-state index is -0.346. The van der Waals surface area contributed by atoms with Gasteiger partial charge in [-0.15, -0.1) is 0 Å². The summed E-state index contributed by atoms with van der Waals surface area (Å²) in [5, 5.41) is 0. The number of urea groups is 2. The zero-order valence-electron chi connectivity index (χ0n) is 12.6. The molecular formula is C12H17Cl2FeN5O2. The number of halogens is 2. The van der Waals surface area contributed by atoms with Crippen LogP contribution in [0.3, 0.4) is 0 Å². The van der Waals surface area contributed by atoms with E-state index in [0.29, 0.717) is 17.8 Å². The SMILES string of the molecule is CN(C)C(=O)/N=C/C1=CCC(/C=N/C(=O)N(C)C)=N1.[Cl][Fe][Cl]. The number of nitrogens with zero attached hydrogens (tertiary/aromatic N) is 5. The van der Waals surface area contributed by atoms with Crippen LogP contribution in [0.5, 0.6) is 0 Å². The molecule has 1 aliphatic heterocycles. The van der Waals surface area contributed by atoms with Gasteiger partial charge in [-0.3, -0.25) is 4.99 Å². The van der Waals surface area contributed by atoms with Crippen LogP contribution in [0.25, 0.3) is 0 Å².